The molecule has 1 saturated carbocycles. The van der Waals surface area contributed by atoms with Gasteiger partial charge in [0.25, 0.3) is 0 Å². The fraction of sp³-hybridized carbons (Fsp3) is 0.706. The third-order valence-corrected chi connectivity index (χ3v) is 4.48. The maximum atomic E-state index is 13.3. The van der Waals surface area contributed by atoms with E-state index in [9.17, 15) is 8.78 Å². The molecule has 0 aliphatic heterocycles. The van der Waals surface area contributed by atoms with Crippen molar-refractivity contribution in [1.29, 1.82) is 0 Å². The van der Waals surface area contributed by atoms with Crippen LogP contribution < -0.4 is 0 Å². The van der Waals surface area contributed by atoms with Crippen LogP contribution in [0, 0.1) is 11.3 Å². The number of rotatable bonds is 6. The Balaban J connectivity index is 2.60. The van der Waals surface area contributed by atoms with E-state index < -0.39 is 5.92 Å². The molecule has 0 heterocycles. The molecule has 1 rings (SSSR count). The summed E-state index contributed by atoms with van der Waals surface area (Å²) in [6, 6.07) is 0. The molecule has 1 atom stereocenters. The summed E-state index contributed by atoms with van der Waals surface area (Å²) >= 11 is 0. The fourth-order valence-electron chi connectivity index (χ4n) is 2.87. The zero-order valence-electron chi connectivity index (χ0n) is 13.0. The van der Waals surface area contributed by atoms with Crippen LogP contribution >= 0.6 is 0 Å². The van der Waals surface area contributed by atoms with E-state index in [4.69, 9.17) is 0 Å². The van der Waals surface area contributed by atoms with Gasteiger partial charge >= 0.3 is 0 Å². The molecule has 0 amide bonds. The average Bonchev–Trinajstić information content (AvgIpc) is 2.39. The van der Waals surface area contributed by atoms with Gasteiger partial charge in [-0.25, -0.2) is 8.78 Å². The lowest BCUT2D eigenvalue weighted by Gasteiger charge is -2.41. The number of halogens is 2. The highest BCUT2D eigenvalue weighted by Crippen LogP contribution is 2.49. The summed E-state index contributed by atoms with van der Waals surface area (Å²) in [5, 5.41) is 0. The summed E-state index contributed by atoms with van der Waals surface area (Å²) in [5.41, 5.74) is 1.90. The highest BCUT2D eigenvalue weighted by atomic mass is 19.3. The molecule has 1 aliphatic rings. The van der Waals surface area contributed by atoms with Gasteiger partial charge < -0.3 is 0 Å². The Bertz CT molecular complexity index is 386. The Kier molecular flexibility index (Phi) is 5.67. The quantitative estimate of drug-likeness (QED) is 0.455. The second-order valence-electron chi connectivity index (χ2n) is 6.33. The Morgan fingerprint density at radius 1 is 1.25 bits per heavy atom. The van der Waals surface area contributed by atoms with Crippen molar-refractivity contribution < 1.29 is 8.78 Å². The second kappa shape index (κ2) is 6.64. The van der Waals surface area contributed by atoms with E-state index in [1.54, 1.807) is 6.21 Å². The van der Waals surface area contributed by atoms with Crippen molar-refractivity contribution in [2.75, 3.05) is 6.54 Å². The zero-order chi connectivity index (χ0) is 15.4. The van der Waals surface area contributed by atoms with Gasteiger partial charge in [0, 0.05) is 25.6 Å². The largest absolute Gasteiger partial charge is 0.293 e. The first-order valence-corrected chi connectivity index (χ1v) is 7.45. The highest BCUT2D eigenvalue weighted by molar-refractivity contribution is 5.77. The Labute approximate surface area is 121 Å². The van der Waals surface area contributed by atoms with Crippen LogP contribution in [0.4, 0.5) is 8.78 Å². The van der Waals surface area contributed by atoms with Crippen LogP contribution in [-0.2, 0) is 0 Å². The van der Waals surface area contributed by atoms with Crippen LogP contribution in [0.3, 0.4) is 0 Å². The molecular weight excluding hydrogens is 256 g/mol. The number of aliphatic imine (C=N–C) groups is 1. The molecule has 0 aromatic rings. The molecular formula is C17H27F2N. The molecule has 114 valence electrons. The molecule has 1 unspecified atom stereocenters. The molecule has 0 aromatic carbocycles. The van der Waals surface area contributed by atoms with E-state index in [2.05, 4.69) is 32.0 Å². The smallest absolute Gasteiger partial charge is 0.248 e. The third kappa shape index (κ3) is 4.53. The van der Waals surface area contributed by atoms with Crippen molar-refractivity contribution in [3.05, 3.63) is 24.3 Å². The van der Waals surface area contributed by atoms with Gasteiger partial charge in [-0.2, -0.15) is 0 Å². The summed E-state index contributed by atoms with van der Waals surface area (Å²) in [4.78, 5) is 4.18. The topological polar surface area (TPSA) is 12.4 Å². The Morgan fingerprint density at radius 3 is 2.30 bits per heavy atom. The number of alkyl halides is 2. The molecule has 20 heavy (non-hydrogen) atoms. The highest BCUT2D eigenvalue weighted by Gasteiger charge is 2.42. The van der Waals surface area contributed by atoms with E-state index in [1.165, 1.54) is 0 Å². The van der Waals surface area contributed by atoms with Crippen LogP contribution in [0.25, 0.3) is 0 Å². The average molecular weight is 283 g/mol. The lowest BCUT2D eigenvalue weighted by Crippen LogP contribution is -2.34. The van der Waals surface area contributed by atoms with E-state index >= 15 is 0 Å². The van der Waals surface area contributed by atoms with E-state index in [0.29, 0.717) is 12.8 Å². The van der Waals surface area contributed by atoms with E-state index in [-0.39, 0.29) is 24.2 Å². The van der Waals surface area contributed by atoms with Gasteiger partial charge in [-0.3, -0.25) is 4.99 Å². The second-order valence-corrected chi connectivity index (χ2v) is 6.33. The third-order valence-electron chi connectivity index (χ3n) is 4.48. The van der Waals surface area contributed by atoms with Gasteiger partial charge in [0.05, 0.1) is 0 Å². The predicted molar refractivity (Wildman–Crippen MR) is 82.6 cm³/mol. The lowest BCUT2D eigenvalue weighted by molar-refractivity contribution is -0.0578. The van der Waals surface area contributed by atoms with Crippen molar-refractivity contribution in [2.45, 2.75) is 58.8 Å². The molecule has 0 bridgehead atoms. The zero-order valence-corrected chi connectivity index (χ0v) is 13.0. The molecule has 0 aromatic heterocycles. The number of allylic oxidation sites excluding steroid dienone is 2. The molecule has 0 saturated heterocycles. The molecule has 0 spiro atoms. The normalized spacial score (nSPS) is 22.6. The molecule has 1 fully saturated rings. The number of hydrogen-bond donors (Lipinski definition) is 0. The first-order chi connectivity index (χ1) is 9.20. The first kappa shape index (κ1) is 17.1. The van der Waals surface area contributed by atoms with Gasteiger partial charge in [-0.1, -0.05) is 32.6 Å². The Morgan fingerprint density at radius 2 is 1.80 bits per heavy atom. The van der Waals surface area contributed by atoms with E-state index in [0.717, 1.165) is 24.1 Å². The maximum absolute atomic E-state index is 13.3. The lowest BCUT2D eigenvalue weighted by atomic mass is 9.66. The van der Waals surface area contributed by atoms with Crippen LogP contribution in [0.5, 0.6) is 0 Å². The molecule has 1 aliphatic carbocycles. The molecule has 0 radical (unpaired) electrons. The fourth-order valence-corrected chi connectivity index (χ4v) is 2.87. The van der Waals surface area contributed by atoms with Gasteiger partial charge in [0.15, 0.2) is 0 Å². The molecule has 3 heteroatoms. The Hall–Kier alpha value is -0.990. The minimum atomic E-state index is -2.49. The van der Waals surface area contributed by atoms with Gasteiger partial charge in [-0.05, 0) is 43.1 Å². The van der Waals surface area contributed by atoms with Gasteiger partial charge in [0.2, 0.25) is 5.92 Å². The van der Waals surface area contributed by atoms with Crippen LogP contribution in [0.15, 0.2) is 29.3 Å². The number of hydrogen-bond acceptors (Lipinski definition) is 1. The van der Waals surface area contributed by atoms with Crippen molar-refractivity contribution in [1.82, 2.24) is 0 Å². The van der Waals surface area contributed by atoms with Gasteiger partial charge in [0.1, 0.15) is 0 Å². The summed E-state index contributed by atoms with van der Waals surface area (Å²) < 4.78 is 26.6. The van der Waals surface area contributed by atoms with Crippen molar-refractivity contribution in [2.24, 2.45) is 16.3 Å². The van der Waals surface area contributed by atoms with Crippen LogP contribution in [0.1, 0.15) is 52.9 Å². The SMILES string of the molecule is C=C(C=NCC)CC(C)C(=C)C1(C)CCC(F)(F)CC1. The van der Waals surface area contributed by atoms with E-state index in [1.807, 2.05) is 6.92 Å². The van der Waals surface area contributed by atoms with Crippen molar-refractivity contribution in [3.8, 4) is 0 Å². The summed E-state index contributed by atoms with van der Waals surface area (Å²) in [6.07, 6.45) is 3.62. The summed E-state index contributed by atoms with van der Waals surface area (Å²) in [6.45, 7) is 15.1. The van der Waals surface area contributed by atoms with Crippen LogP contribution in [-0.4, -0.2) is 18.7 Å². The minimum absolute atomic E-state index is 0.0204. The molecule has 1 nitrogen and oxygen atoms in total. The summed E-state index contributed by atoms with van der Waals surface area (Å²) in [7, 11) is 0. The monoisotopic (exact) mass is 283 g/mol. The van der Waals surface area contributed by atoms with Crippen LogP contribution in [0.2, 0.25) is 0 Å². The summed E-state index contributed by atoms with van der Waals surface area (Å²) in [5.74, 6) is -2.23. The van der Waals surface area contributed by atoms with Gasteiger partial charge in [-0.15, -0.1) is 0 Å². The standard InChI is InChI=1S/C17H27F2N/c1-6-20-12-13(2)11-14(3)15(4)16(5)7-9-17(18,19)10-8-16/h12,14H,2,4,6-11H2,1,3,5H3. The van der Waals surface area contributed by atoms with Crippen molar-refractivity contribution in [3.63, 3.8) is 0 Å². The number of nitrogens with zero attached hydrogens (tertiary/aromatic N) is 1. The van der Waals surface area contributed by atoms with Crippen molar-refractivity contribution >= 4 is 6.21 Å². The minimum Gasteiger partial charge on any atom is -0.293 e. The maximum Gasteiger partial charge on any atom is 0.248 e. The molecule has 0 N–H and O–H groups in total. The predicted octanol–water partition coefficient (Wildman–Crippen LogP) is 5.43. The first-order valence-electron chi connectivity index (χ1n) is 7.45.